The van der Waals surface area contributed by atoms with Gasteiger partial charge in [0.2, 0.25) is 0 Å². The molecule has 18 heavy (non-hydrogen) atoms. The van der Waals surface area contributed by atoms with Crippen molar-refractivity contribution in [3.8, 4) is 0 Å². The summed E-state index contributed by atoms with van der Waals surface area (Å²) in [6, 6.07) is 0.714. The molecule has 0 atom stereocenters. The highest BCUT2D eigenvalue weighted by Gasteiger charge is 2.20. The smallest absolute Gasteiger partial charge is 0.185 e. The first-order valence-corrected chi connectivity index (χ1v) is 8.07. The van der Waals surface area contributed by atoms with E-state index in [0.29, 0.717) is 6.04 Å². The van der Waals surface area contributed by atoms with Crippen LogP contribution in [0.2, 0.25) is 0 Å². The van der Waals surface area contributed by atoms with Gasteiger partial charge in [0.15, 0.2) is 5.13 Å². The molecule has 0 spiro atoms. The maximum atomic E-state index is 4.76. The Hall–Kier alpha value is -0.610. The van der Waals surface area contributed by atoms with Gasteiger partial charge in [-0.05, 0) is 19.4 Å². The molecular formula is C14H25N3S. The predicted molar refractivity (Wildman–Crippen MR) is 79.6 cm³/mol. The fraction of sp³-hybridized carbons (Fsp3) is 0.786. The minimum Gasteiger partial charge on any atom is -0.348 e. The van der Waals surface area contributed by atoms with Crippen LogP contribution in [-0.2, 0) is 6.42 Å². The molecule has 1 fully saturated rings. The third kappa shape index (κ3) is 3.69. The van der Waals surface area contributed by atoms with Gasteiger partial charge in [0.05, 0.1) is 5.69 Å². The first-order chi connectivity index (χ1) is 8.81. The lowest BCUT2D eigenvalue weighted by Crippen LogP contribution is -2.33. The standard InChI is InChI=1S/C14H25N3S/c1-3-15-10-9-12-11-18-14(16-12)17(2)13-7-5-4-6-8-13/h11,13,15H,3-10H2,1-2H3. The molecule has 1 heterocycles. The molecule has 3 nitrogen and oxygen atoms in total. The fourth-order valence-electron chi connectivity index (χ4n) is 2.59. The Labute approximate surface area is 115 Å². The van der Waals surface area contributed by atoms with Crippen LogP contribution in [0.3, 0.4) is 0 Å². The van der Waals surface area contributed by atoms with E-state index in [0.717, 1.165) is 19.5 Å². The summed E-state index contributed by atoms with van der Waals surface area (Å²) in [6.45, 7) is 4.22. The highest BCUT2D eigenvalue weighted by Crippen LogP contribution is 2.28. The number of aromatic nitrogens is 1. The van der Waals surface area contributed by atoms with Gasteiger partial charge in [0, 0.05) is 31.4 Å². The van der Waals surface area contributed by atoms with Crippen LogP contribution in [0.1, 0.15) is 44.7 Å². The zero-order chi connectivity index (χ0) is 12.8. The van der Waals surface area contributed by atoms with Crippen molar-refractivity contribution in [3.63, 3.8) is 0 Å². The van der Waals surface area contributed by atoms with Gasteiger partial charge in [0.25, 0.3) is 0 Å². The number of anilines is 1. The second-order valence-corrected chi connectivity index (χ2v) is 5.96. The molecule has 0 radical (unpaired) electrons. The molecule has 0 unspecified atom stereocenters. The molecule has 1 aromatic rings. The maximum Gasteiger partial charge on any atom is 0.185 e. The molecule has 0 bridgehead atoms. The second kappa shape index (κ2) is 7.10. The minimum absolute atomic E-state index is 0.714. The summed E-state index contributed by atoms with van der Waals surface area (Å²) >= 11 is 1.80. The van der Waals surface area contributed by atoms with E-state index >= 15 is 0 Å². The van der Waals surface area contributed by atoms with Crippen molar-refractivity contribution in [2.45, 2.75) is 51.5 Å². The molecule has 2 rings (SSSR count). The number of hydrogen-bond acceptors (Lipinski definition) is 4. The lowest BCUT2D eigenvalue weighted by Gasteiger charge is -2.30. The number of thiazole rings is 1. The molecule has 102 valence electrons. The molecule has 0 aliphatic heterocycles. The van der Waals surface area contributed by atoms with Crippen molar-refractivity contribution < 1.29 is 0 Å². The Morgan fingerprint density at radius 2 is 2.17 bits per heavy atom. The van der Waals surface area contributed by atoms with Crippen LogP contribution in [-0.4, -0.2) is 31.2 Å². The Kier molecular flexibility index (Phi) is 5.45. The van der Waals surface area contributed by atoms with Gasteiger partial charge in [-0.2, -0.15) is 0 Å². The maximum absolute atomic E-state index is 4.76. The summed E-state index contributed by atoms with van der Waals surface area (Å²) in [5.41, 5.74) is 1.23. The van der Waals surface area contributed by atoms with E-state index in [1.165, 1.54) is 42.9 Å². The van der Waals surface area contributed by atoms with Crippen molar-refractivity contribution >= 4 is 16.5 Å². The number of likely N-dealkylation sites (N-methyl/N-ethyl adjacent to an activating group) is 1. The fourth-order valence-corrected chi connectivity index (χ4v) is 3.49. The van der Waals surface area contributed by atoms with Crippen LogP contribution >= 0.6 is 11.3 Å². The third-order valence-electron chi connectivity index (χ3n) is 3.77. The molecule has 4 heteroatoms. The lowest BCUT2D eigenvalue weighted by atomic mass is 9.95. The van der Waals surface area contributed by atoms with Crippen molar-refractivity contribution in [1.29, 1.82) is 0 Å². The van der Waals surface area contributed by atoms with Gasteiger partial charge in [-0.3, -0.25) is 0 Å². The summed E-state index contributed by atoms with van der Waals surface area (Å²) in [5, 5.41) is 6.77. The minimum atomic E-state index is 0.714. The highest BCUT2D eigenvalue weighted by molar-refractivity contribution is 7.13. The number of hydrogen-bond donors (Lipinski definition) is 1. The van der Waals surface area contributed by atoms with Crippen LogP contribution in [0.4, 0.5) is 5.13 Å². The van der Waals surface area contributed by atoms with E-state index in [1.54, 1.807) is 11.3 Å². The van der Waals surface area contributed by atoms with Crippen LogP contribution in [0.5, 0.6) is 0 Å². The molecule has 1 N–H and O–H groups in total. The molecule has 0 amide bonds. The summed E-state index contributed by atoms with van der Waals surface area (Å²) in [6.07, 6.45) is 7.89. The SMILES string of the molecule is CCNCCc1csc(N(C)C2CCCCC2)n1. The van der Waals surface area contributed by atoms with Gasteiger partial charge in [-0.1, -0.05) is 26.2 Å². The molecule has 1 aromatic heterocycles. The van der Waals surface area contributed by atoms with Crippen LogP contribution in [0.25, 0.3) is 0 Å². The monoisotopic (exact) mass is 267 g/mol. The molecule has 1 aliphatic rings. The van der Waals surface area contributed by atoms with Crippen LogP contribution in [0.15, 0.2) is 5.38 Å². The molecule has 0 aromatic carbocycles. The van der Waals surface area contributed by atoms with Crippen LogP contribution < -0.4 is 10.2 Å². The van der Waals surface area contributed by atoms with Crippen molar-refractivity contribution in [3.05, 3.63) is 11.1 Å². The van der Waals surface area contributed by atoms with E-state index in [9.17, 15) is 0 Å². The van der Waals surface area contributed by atoms with Gasteiger partial charge < -0.3 is 10.2 Å². The van der Waals surface area contributed by atoms with Crippen molar-refractivity contribution in [2.75, 3.05) is 25.0 Å². The van der Waals surface area contributed by atoms with Gasteiger partial charge in [-0.15, -0.1) is 11.3 Å². The van der Waals surface area contributed by atoms with Gasteiger partial charge in [-0.25, -0.2) is 4.98 Å². The van der Waals surface area contributed by atoms with E-state index in [2.05, 4.69) is 29.6 Å². The number of nitrogens with one attached hydrogen (secondary N) is 1. The molecular weight excluding hydrogens is 242 g/mol. The Morgan fingerprint density at radius 3 is 2.89 bits per heavy atom. The number of nitrogens with zero attached hydrogens (tertiary/aromatic N) is 2. The number of rotatable bonds is 6. The van der Waals surface area contributed by atoms with Crippen molar-refractivity contribution in [2.24, 2.45) is 0 Å². The van der Waals surface area contributed by atoms with Crippen molar-refractivity contribution in [1.82, 2.24) is 10.3 Å². The predicted octanol–water partition coefficient (Wildman–Crippen LogP) is 3.06. The van der Waals surface area contributed by atoms with E-state index in [-0.39, 0.29) is 0 Å². The summed E-state index contributed by atoms with van der Waals surface area (Å²) < 4.78 is 0. The summed E-state index contributed by atoms with van der Waals surface area (Å²) in [4.78, 5) is 7.16. The van der Waals surface area contributed by atoms with Crippen LogP contribution in [0, 0.1) is 0 Å². The van der Waals surface area contributed by atoms with Gasteiger partial charge >= 0.3 is 0 Å². The average Bonchev–Trinajstić information content (AvgIpc) is 2.88. The summed E-state index contributed by atoms with van der Waals surface area (Å²) in [7, 11) is 2.21. The van der Waals surface area contributed by atoms with E-state index in [1.807, 2.05) is 0 Å². The first-order valence-electron chi connectivity index (χ1n) is 7.19. The van der Waals surface area contributed by atoms with E-state index < -0.39 is 0 Å². The molecule has 1 aliphatic carbocycles. The quantitative estimate of drug-likeness (QED) is 0.803. The lowest BCUT2D eigenvalue weighted by molar-refractivity contribution is 0.427. The first kappa shape index (κ1) is 13.8. The Balaban J connectivity index is 1.87. The Bertz CT molecular complexity index is 345. The molecule has 0 saturated heterocycles. The third-order valence-corrected chi connectivity index (χ3v) is 4.75. The zero-order valence-electron chi connectivity index (χ0n) is 11.6. The largest absolute Gasteiger partial charge is 0.348 e. The summed E-state index contributed by atoms with van der Waals surface area (Å²) in [5.74, 6) is 0. The molecule has 1 saturated carbocycles. The normalized spacial score (nSPS) is 17.0. The van der Waals surface area contributed by atoms with Gasteiger partial charge in [0.1, 0.15) is 0 Å². The second-order valence-electron chi connectivity index (χ2n) is 5.13. The topological polar surface area (TPSA) is 28.2 Å². The highest BCUT2D eigenvalue weighted by atomic mass is 32.1. The Morgan fingerprint density at radius 1 is 1.39 bits per heavy atom. The zero-order valence-corrected chi connectivity index (χ0v) is 12.4. The average molecular weight is 267 g/mol. The van der Waals surface area contributed by atoms with E-state index in [4.69, 9.17) is 4.98 Å².